The third-order valence-corrected chi connectivity index (χ3v) is 5.47. The maximum atomic E-state index is 12.2. The van der Waals surface area contributed by atoms with E-state index in [1.807, 2.05) is 48.5 Å². The molecule has 1 N–H and O–H groups in total. The minimum atomic E-state index is -3.45. The molecule has 0 bridgehead atoms. The van der Waals surface area contributed by atoms with Gasteiger partial charge in [-0.2, -0.15) is 5.10 Å². The SMILES string of the molecule is O=S(=O)(Cc1ccccc1)Nc1cnn(CSc2ccccc2)c1. The van der Waals surface area contributed by atoms with Crippen molar-refractivity contribution in [3.8, 4) is 0 Å². The maximum Gasteiger partial charge on any atom is 0.237 e. The molecule has 0 fully saturated rings. The number of nitrogens with one attached hydrogen (secondary N) is 1. The van der Waals surface area contributed by atoms with E-state index in [4.69, 9.17) is 0 Å². The summed E-state index contributed by atoms with van der Waals surface area (Å²) in [5.74, 6) is 0.558. The number of thioether (sulfide) groups is 1. The molecule has 3 aromatic rings. The van der Waals surface area contributed by atoms with Gasteiger partial charge >= 0.3 is 0 Å². The smallest absolute Gasteiger partial charge is 0.237 e. The molecule has 0 saturated carbocycles. The molecule has 0 saturated heterocycles. The minimum Gasteiger partial charge on any atom is -0.280 e. The molecule has 3 rings (SSSR count). The largest absolute Gasteiger partial charge is 0.280 e. The second kappa shape index (κ2) is 7.55. The Morgan fingerprint density at radius 1 is 1.00 bits per heavy atom. The van der Waals surface area contributed by atoms with Crippen LogP contribution in [0.25, 0.3) is 0 Å². The van der Waals surface area contributed by atoms with E-state index in [1.54, 1.807) is 34.8 Å². The number of hydrogen-bond donors (Lipinski definition) is 1. The lowest BCUT2D eigenvalue weighted by Crippen LogP contribution is -2.14. The molecule has 7 heteroatoms. The number of hydrogen-bond acceptors (Lipinski definition) is 4. The van der Waals surface area contributed by atoms with Gasteiger partial charge in [0.2, 0.25) is 10.0 Å². The van der Waals surface area contributed by atoms with Gasteiger partial charge in [0, 0.05) is 4.90 Å². The Morgan fingerprint density at radius 2 is 1.67 bits per heavy atom. The summed E-state index contributed by atoms with van der Waals surface area (Å²) >= 11 is 1.63. The molecule has 24 heavy (non-hydrogen) atoms. The summed E-state index contributed by atoms with van der Waals surface area (Å²) in [5.41, 5.74) is 1.22. The first-order valence-corrected chi connectivity index (χ1v) is 9.99. The van der Waals surface area contributed by atoms with Crippen LogP contribution in [0.1, 0.15) is 5.56 Å². The Kier molecular flexibility index (Phi) is 5.22. The predicted molar refractivity (Wildman–Crippen MR) is 97.2 cm³/mol. The molecule has 1 heterocycles. The summed E-state index contributed by atoms with van der Waals surface area (Å²) in [6.07, 6.45) is 3.21. The fourth-order valence-electron chi connectivity index (χ4n) is 2.15. The Balaban J connectivity index is 1.59. The fraction of sp³-hybridized carbons (Fsp3) is 0.118. The zero-order chi connectivity index (χ0) is 16.8. The van der Waals surface area contributed by atoms with Crippen molar-refractivity contribution in [2.45, 2.75) is 16.5 Å². The van der Waals surface area contributed by atoms with E-state index in [0.29, 0.717) is 11.6 Å². The molecule has 0 spiro atoms. The van der Waals surface area contributed by atoms with Crippen molar-refractivity contribution in [1.82, 2.24) is 9.78 Å². The maximum absolute atomic E-state index is 12.2. The first-order chi connectivity index (χ1) is 11.6. The van der Waals surface area contributed by atoms with Crippen molar-refractivity contribution in [3.05, 3.63) is 78.6 Å². The fourth-order valence-corrected chi connectivity index (χ4v) is 4.09. The lowest BCUT2D eigenvalue weighted by atomic mass is 10.2. The van der Waals surface area contributed by atoms with Crippen LogP contribution in [-0.4, -0.2) is 18.2 Å². The van der Waals surface area contributed by atoms with Gasteiger partial charge in [0.15, 0.2) is 0 Å². The normalized spacial score (nSPS) is 11.3. The highest BCUT2D eigenvalue weighted by molar-refractivity contribution is 7.98. The number of aromatic nitrogens is 2. The van der Waals surface area contributed by atoms with Crippen molar-refractivity contribution in [2.24, 2.45) is 0 Å². The highest BCUT2D eigenvalue weighted by Crippen LogP contribution is 2.20. The quantitative estimate of drug-likeness (QED) is 0.655. The molecular formula is C17H17N3O2S2. The molecule has 2 aromatic carbocycles. The van der Waals surface area contributed by atoms with Crippen LogP contribution in [0.4, 0.5) is 5.69 Å². The van der Waals surface area contributed by atoms with Gasteiger partial charge in [0.25, 0.3) is 0 Å². The van der Waals surface area contributed by atoms with Crippen LogP contribution >= 0.6 is 11.8 Å². The van der Waals surface area contributed by atoms with Gasteiger partial charge in [0.05, 0.1) is 29.7 Å². The topological polar surface area (TPSA) is 64.0 Å². The highest BCUT2D eigenvalue weighted by atomic mass is 32.2. The number of anilines is 1. The van der Waals surface area contributed by atoms with Crippen LogP contribution in [0.3, 0.4) is 0 Å². The lowest BCUT2D eigenvalue weighted by molar-refractivity contribution is 0.600. The number of benzene rings is 2. The first-order valence-electron chi connectivity index (χ1n) is 7.35. The average molecular weight is 359 g/mol. The van der Waals surface area contributed by atoms with E-state index < -0.39 is 10.0 Å². The summed E-state index contributed by atoms with van der Waals surface area (Å²) in [7, 11) is -3.45. The van der Waals surface area contributed by atoms with E-state index in [0.717, 1.165) is 10.5 Å². The zero-order valence-electron chi connectivity index (χ0n) is 12.9. The van der Waals surface area contributed by atoms with E-state index in [-0.39, 0.29) is 5.75 Å². The summed E-state index contributed by atoms with van der Waals surface area (Å²) in [6, 6.07) is 19.1. The third-order valence-electron chi connectivity index (χ3n) is 3.21. The number of sulfonamides is 1. The van der Waals surface area contributed by atoms with Gasteiger partial charge in [-0.3, -0.25) is 9.40 Å². The molecule has 0 aliphatic heterocycles. The van der Waals surface area contributed by atoms with Crippen molar-refractivity contribution < 1.29 is 8.42 Å². The molecule has 0 amide bonds. The standard InChI is InChI=1S/C17H17N3O2S2/c21-24(22,13-15-7-3-1-4-8-15)19-16-11-18-20(12-16)14-23-17-9-5-2-6-10-17/h1-12,19H,13-14H2. The average Bonchev–Trinajstić information content (AvgIpc) is 3.01. The molecule has 0 radical (unpaired) electrons. The van der Waals surface area contributed by atoms with Gasteiger partial charge in [0.1, 0.15) is 0 Å². The van der Waals surface area contributed by atoms with E-state index >= 15 is 0 Å². The van der Waals surface area contributed by atoms with Crippen LogP contribution in [0.2, 0.25) is 0 Å². The van der Waals surface area contributed by atoms with E-state index in [1.165, 1.54) is 6.20 Å². The van der Waals surface area contributed by atoms with Crippen LogP contribution < -0.4 is 4.72 Å². The van der Waals surface area contributed by atoms with Crippen LogP contribution in [0.5, 0.6) is 0 Å². The van der Waals surface area contributed by atoms with Gasteiger partial charge in [-0.25, -0.2) is 8.42 Å². The predicted octanol–water partition coefficient (Wildman–Crippen LogP) is 3.57. The molecule has 0 aliphatic rings. The van der Waals surface area contributed by atoms with Crippen LogP contribution in [-0.2, 0) is 21.7 Å². The molecule has 0 aliphatic carbocycles. The van der Waals surface area contributed by atoms with Crippen molar-refractivity contribution in [1.29, 1.82) is 0 Å². The second-order valence-electron chi connectivity index (χ2n) is 5.20. The lowest BCUT2D eigenvalue weighted by Gasteiger charge is -2.05. The Labute approximate surface area is 145 Å². The van der Waals surface area contributed by atoms with Crippen molar-refractivity contribution >= 4 is 27.5 Å². The van der Waals surface area contributed by atoms with Crippen molar-refractivity contribution in [3.63, 3.8) is 0 Å². The van der Waals surface area contributed by atoms with E-state index in [2.05, 4.69) is 9.82 Å². The third kappa shape index (κ3) is 4.87. The van der Waals surface area contributed by atoms with E-state index in [9.17, 15) is 8.42 Å². The van der Waals surface area contributed by atoms with Crippen molar-refractivity contribution in [2.75, 3.05) is 4.72 Å². The minimum absolute atomic E-state index is 0.0578. The van der Waals surface area contributed by atoms with Gasteiger partial charge in [-0.05, 0) is 17.7 Å². The Morgan fingerprint density at radius 3 is 2.38 bits per heavy atom. The van der Waals surface area contributed by atoms with Gasteiger partial charge in [-0.1, -0.05) is 48.5 Å². The monoisotopic (exact) mass is 359 g/mol. The molecule has 0 atom stereocenters. The van der Waals surface area contributed by atoms with Gasteiger partial charge in [-0.15, -0.1) is 11.8 Å². The molecular weight excluding hydrogens is 342 g/mol. The molecule has 1 aromatic heterocycles. The number of nitrogens with zero attached hydrogens (tertiary/aromatic N) is 2. The van der Waals surface area contributed by atoms with Gasteiger partial charge < -0.3 is 0 Å². The summed E-state index contributed by atoms with van der Waals surface area (Å²) in [6.45, 7) is 0. The molecule has 124 valence electrons. The van der Waals surface area contributed by atoms with Crippen LogP contribution in [0, 0.1) is 0 Å². The highest BCUT2D eigenvalue weighted by Gasteiger charge is 2.12. The number of rotatable bonds is 7. The zero-order valence-corrected chi connectivity index (χ0v) is 14.5. The molecule has 0 unspecified atom stereocenters. The summed E-state index contributed by atoms with van der Waals surface area (Å²) < 4.78 is 28.7. The molecule has 5 nitrogen and oxygen atoms in total. The summed E-state index contributed by atoms with van der Waals surface area (Å²) in [4.78, 5) is 1.14. The Bertz CT molecular complexity index is 878. The second-order valence-corrected chi connectivity index (χ2v) is 7.94. The Hall–Kier alpha value is -2.25. The summed E-state index contributed by atoms with van der Waals surface area (Å²) in [5, 5.41) is 4.19. The first kappa shape index (κ1) is 16.6. The van der Waals surface area contributed by atoms with Crippen LogP contribution in [0.15, 0.2) is 78.0 Å².